The number of aliphatic imine (C=N–C) groups is 1. The van der Waals surface area contributed by atoms with Gasteiger partial charge in [0.05, 0.1) is 23.9 Å². The maximum atomic E-state index is 5.72. The van der Waals surface area contributed by atoms with Crippen molar-refractivity contribution in [2.45, 2.75) is 46.7 Å². The molecule has 0 amide bonds. The Labute approximate surface area is 207 Å². The van der Waals surface area contributed by atoms with E-state index in [9.17, 15) is 0 Å². The number of guanidine groups is 1. The van der Waals surface area contributed by atoms with Crippen LogP contribution in [0.2, 0.25) is 0 Å². The normalized spacial score (nSPS) is 15.4. The summed E-state index contributed by atoms with van der Waals surface area (Å²) in [5, 5.41) is 10.3. The van der Waals surface area contributed by atoms with Gasteiger partial charge in [0.1, 0.15) is 5.75 Å². The number of likely N-dealkylation sites (tertiary alicyclic amines) is 1. The van der Waals surface area contributed by atoms with E-state index in [2.05, 4.69) is 45.8 Å². The van der Waals surface area contributed by atoms with Crippen LogP contribution in [0.3, 0.4) is 0 Å². The van der Waals surface area contributed by atoms with Crippen molar-refractivity contribution in [2.24, 2.45) is 10.9 Å². The molecule has 2 heterocycles. The molecule has 8 heteroatoms. The lowest BCUT2D eigenvalue weighted by molar-refractivity contribution is 0.176. The van der Waals surface area contributed by atoms with E-state index < -0.39 is 0 Å². The van der Waals surface area contributed by atoms with Crippen molar-refractivity contribution in [3.8, 4) is 5.75 Å². The second-order valence-corrected chi connectivity index (χ2v) is 8.76. The largest absolute Gasteiger partial charge is 0.494 e. The fourth-order valence-corrected chi connectivity index (χ4v) is 4.34. The number of hydrogen-bond donors (Lipinski definition) is 2. The molecule has 31 heavy (non-hydrogen) atoms. The van der Waals surface area contributed by atoms with Crippen molar-refractivity contribution < 1.29 is 4.74 Å². The van der Waals surface area contributed by atoms with Gasteiger partial charge in [-0.1, -0.05) is 18.2 Å². The Bertz CT molecular complexity index is 805. The molecule has 1 fully saturated rings. The predicted octanol–water partition coefficient (Wildman–Crippen LogP) is 4.44. The van der Waals surface area contributed by atoms with Crippen molar-refractivity contribution in [2.75, 3.05) is 32.8 Å². The van der Waals surface area contributed by atoms with Crippen LogP contribution in [0.4, 0.5) is 0 Å². The number of nitrogens with zero attached hydrogens (tertiary/aromatic N) is 3. The lowest BCUT2D eigenvalue weighted by Crippen LogP contribution is -2.42. The zero-order chi connectivity index (χ0) is 21.2. The second-order valence-electron chi connectivity index (χ2n) is 7.69. The lowest BCUT2D eigenvalue weighted by Gasteiger charge is -2.31. The highest BCUT2D eigenvalue weighted by Gasteiger charge is 2.20. The minimum absolute atomic E-state index is 0. The Morgan fingerprint density at radius 3 is 2.68 bits per heavy atom. The van der Waals surface area contributed by atoms with Crippen LogP contribution < -0.4 is 15.4 Å². The number of halogens is 1. The summed E-state index contributed by atoms with van der Waals surface area (Å²) in [5.74, 6) is 2.48. The molecule has 1 saturated heterocycles. The summed E-state index contributed by atoms with van der Waals surface area (Å²) >= 11 is 1.74. The average molecular weight is 558 g/mol. The fraction of sp³-hybridized carbons (Fsp3) is 0.565. The second kappa shape index (κ2) is 13.9. The molecule has 2 N–H and O–H groups in total. The van der Waals surface area contributed by atoms with Crippen molar-refractivity contribution >= 4 is 41.3 Å². The molecule has 0 radical (unpaired) electrons. The van der Waals surface area contributed by atoms with Gasteiger partial charge in [0, 0.05) is 30.6 Å². The van der Waals surface area contributed by atoms with Crippen LogP contribution in [0.1, 0.15) is 43.0 Å². The first-order valence-electron chi connectivity index (χ1n) is 11.0. The molecular formula is C23H36IN5OS. The van der Waals surface area contributed by atoms with Gasteiger partial charge in [0.2, 0.25) is 0 Å². The van der Waals surface area contributed by atoms with Crippen LogP contribution >= 0.6 is 35.3 Å². The molecule has 0 aliphatic carbocycles. The Morgan fingerprint density at radius 2 is 2.00 bits per heavy atom. The quantitative estimate of drug-likeness (QED) is 0.271. The van der Waals surface area contributed by atoms with Crippen LogP contribution in [0.25, 0.3) is 0 Å². The third-order valence-electron chi connectivity index (χ3n) is 5.34. The molecule has 0 unspecified atom stereocenters. The number of piperidine rings is 1. The number of para-hydroxylation sites is 1. The summed E-state index contributed by atoms with van der Waals surface area (Å²) in [6, 6.07) is 8.13. The molecule has 0 saturated carbocycles. The predicted molar refractivity (Wildman–Crippen MR) is 141 cm³/mol. The van der Waals surface area contributed by atoms with Gasteiger partial charge in [-0.15, -0.1) is 35.3 Å². The highest BCUT2D eigenvalue weighted by atomic mass is 127. The van der Waals surface area contributed by atoms with Crippen LogP contribution in [-0.4, -0.2) is 48.6 Å². The summed E-state index contributed by atoms with van der Waals surface area (Å²) in [5.41, 5.74) is 2.32. The van der Waals surface area contributed by atoms with E-state index in [1.54, 1.807) is 11.3 Å². The van der Waals surface area contributed by atoms with Crippen molar-refractivity contribution in [1.82, 2.24) is 20.5 Å². The Morgan fingerprint density at radius 1 is 1.23 bits per heavy atom. The molecule has 6 nitrogen and oxygen atoms in total. The molecule has 1 aliphatic heterocycles. The molecule has 1 aromatic carbocycles. The summed E-state index contributed by atoms with van der Waals surface area (Å²) < 4.78 is 5.72. The summed E-state index contributed by atoms with van der Waals surface area (Å²) in [6.45, 7) is 12.5. The molecule has 0 atom stereocenters. The maximum Gasteiger partial charge on any atom is 0.191 e. The van der Waals surface area contributed by atoms with Gasteiger partial charge in [-0.3, -0.25) is 4.90 Å². The smallest absolute Gasteiger partial charge is 0.191 e. The summed E-state index contributed by atoms with van der Waals surface area (Å²) in [6.07, 6.45) is 2.42. The minimum Gasteiger partial charge on any atom is -0.494 e. The maximum absolute atomic E-state index is 5.72. The number of rotatable bonds is 9. The first-order valence-corrected chi connectivity index (χ1v) is 11.9. The first kappa shape index (κ1) is 25.9. The van der Waals surface area contributed by atoms with Crippen LogP contribution in [0.15, 0.2) is 34.6 Å². The van der Waals surface area contributed by atoms with E-state index in [4.69, 9.17) is 9.73 Å². The zero-order valence-electron chi connectivity index (χ0n) is 18.9. The van der Waals surface area contributed by atoms with E-state index in [-0.39, 0.29) is 24.0 Å². The number of benzene rings is 1. The van der Waals surface area contributed by atoms with Crippen LogP contribution in [0, 0.1) is 12.8 Å². The average Bonchev–Trinajstić information content (AvgIpc) is 3.17. The number of nitrogens with one attached hydrogen (secondary N) is 2. The Hall–Kier alpha value is -1.39. The SMILES string of the molecule is CCNC(=NCc1ccccc1OCC)NCC1CCN(Cc2csc(C)n2)CC1.I. The molecule has 1 aliphatic rings. The molecule has 0 spiro atoms. The van der Waals surface area contributed by atoms with Crippen LogP contribution in [0.5, 0.6) is 5.75 Å². The zero-order valence-corrected chi connectivity index (χ0v) is 22.0. The molecule has 0 bridgehead atoms. The van der Waals surface area contributed by atoms with E-state index in [0.717, 1.165) is 55.0 Å². The van der Waals surface area contributed by atoms with Gasteiger partial charge in [0.15, 0.2) is 5.96 Å². The van der Waals surface area contributed by atoms with E-state index in [0.29, 0.717) is 19.1 Å². The topological polar surface area (TPSA) is 61.8 Å². The van der Waals surface area contributed by atoms with Crippen molar-refractivity contribution in [3.63, 3.8) is 0 Å². The van der Waals surface area contributed by atoms with E-state index in [1.165, 1.54) is 18.5 Å². The number of ether oxygens (including phenoxy) is 1. The van der Waals surface area contributed by atoms with Gasteiger partial charge in [-0.05, 0) is 58.7 Å². The van der Waals surface area contributed by atoms with Crippen LogP contribution in [-0.2, 0) is 13.1 Å². The number of aryl methyl sites for hydroxylation is 1. The summed E-state index contributed by atoms with van der Waals surface area (Å²) in [7, 11) is 0. The first-order chi connectivity index (χ1) is 14.7. The van der Waals surface area contributed by atoms with Gasteiger partial charge >= 0.3 is 0 Å². The lowest BCUT2D eigenvalue weighted by atomic mass is 9.97. The fourth-order valence-electron chi connectivity index (χ4n) is 3.74. The Balaban J connectivity index is 0.00000341. The van der Waals surface area contributed by atoms with E-state index in [1.807, 2.05) is 25.1 Å². The van der Waals surface area contributed by atoms with Crippen molar-refractivity contribution in [1.29, 1.82) is 0 Å². The molecule has 172 valence electrons. The third-order valence-corrected chi connectivity index (χ3v) is 6.16. The monoisotopic (exact) mass is 557 g/mol. The molecular weight excluding hydrogens is 521 g/mol. The third kappa shape index (κ3) is 8.57. The minimum atomic E-state index is 0. The highest BCUT2D eigenvalue weighted by molar-refractivity contribution is 14.0. The number of aromatic nitrogens is 1. The molecule has 3 rings (SSSR count). The standard InChI is InChI=1S/C23H35N5OS.HI/c1-4-24-23(26-15-20-8-6-7-9-22(20)29-5-2)25-14-19-10-12-28(13-11-19)16-21-17-30-18(3)27-21;/h6-9,17,19H,4-5,10-16H2,1-3H3,(H2,24,25,26);1H. The Kier molecular flexibility index (Phi) is 11.6. The highest BCUT2D eigenvalue weighted by Crippen LogP contribution is 2.20. The molecule has 1 aromatic heterocycles. The van der Waals surface area contributed by atoms with Gasteiger partial charge in [-0.2, -0.15) is 0 Å². The van der Waals surface area contributed by atoms with Gasteiger partial charge < -0.3 is 15.4 Å². The summed E-state index contributed by atoms with van der Waals surface area (Å²) in [4.78, 5) is 11.9. The number of thiazole rings is 1. The van der Waals surface area contributed by atoms with Crippen molar-refractivity contribution in [3.05, 3.63) is 45.9 Å². The van der Waals surface area contributed by atoms with E-state index >= 15 is 0 Å². The molecule has 2 aromatic rings. The van der Waals surface area contributed by atoms with Gasteiger partial charge in [-0.25, -0.2) is 9.98 Å². The van der Waals surface area contributed by atoms with Gasteiger partial charge in [0.25, 0.3) is 0 Å². The number of hydrogen-bond acceptors (Lipinski definition) is 5.